The number of carbonyl (C=O) groups is 3. The van der Waals surface area contributed by atoms with Crippen LogP contribution in [0.25, 0.3) is 0 Å². The summed E-state index contributed by atoms with van der Waals surface area (Å²) in [6.07, 6.45) is -0.312. The van der Waals surface area contributed by atoms with E-state index in [0.717, 1.165) is 15.6 Å². The van der Waals surface area contributed by atoms with E-state index in [2.05, 4.69) is 0 Å². The average Bonchev–Trinajstić information content (AvgIpc) is 2.62. The first-order chi connectivity index (χ1) is 12.7. The Morgan fingerprint density at radius 1 is 1.26 bits per heavy atom. The van der Waals surface area contributed by atoms with Crippen molar-refractivity contribution >= 4 is 29.5 Å². The summed E-state index contributed by atoms with van der Waals surface area (Å²) < 4.78 is 0. The molecule has 2 N–H and O–H groups in total. The van der Waals surface area contributed by atoms with Gasteiger partial charge in [0.05, 0.1) is 11.3 Å². The molecule has 7 nitrogen and oxygen atoms in total. The van der Waals surface area contributed by atoms with Crippen LogP contribution in [0.4, 0.5) is 0 Å². The van der Waals surface area contributed by atoms with Gasteiger partial charge in [0.15, 0.2) is 6.10 Å². The van der Waals surface area contributed by atoms with Crippen LogP contribution in [-0.2, 0) is 20.8 Å². The number of benzene rings is 1. The van der Waals surface area contributed by atoms with Crippen LogP contribution in [0.2, 0.25) is 0 Å². The fourth-order valence-corrected chi connectivity index (χ4v) is 3.85. The number of hydrazine groups is 1. The van der Waals surface area contributed by atoms with Crippen molar-refractivity contribution in [2.24, 2.45) is 5.92 Å². The summed E-state index contributed by atoms with van der Waals surface area (Å²) >= 11 is 1.35. The van der Waals surface area contributed by atoms with Crippen molar-refractivity contribution in [3.05, 3.63) is 47.5 Å². The van der Waals surface area contributed by atoms with Crippen molar-refractivity contribution in [1.29, 1.82) is 0 Å². The van der Waals surface area contributed by atoms with Crippen LogP contribution in [0, 0.1) is 5.92 Å². The summed E-state index contributed by atoms with van der Waals surface area (Å²) in [5, 5.41) is 23.2. The minimum absolute atomic E-state index is 0.0285. The maximum atomic E-state index is 12.9. The Balaban J connectivity index is 2.43. The Bertz CT molecular complexity index is 722. The van der Waals surface area contributed by atoms with Crippen LogP contribution in [0.5, 0.6) is 0 Å². The van der Waals surface area contributed by atoms with E-state index in [4.69, 9.17) is 0 Å². The second-order valence-electron chi connectivity index (χ2n) is 6.67. The van der Waals surface area contributed by atoms with Crippen molar-refractivity contribution in [3.8, 4) is 0 Å². The van der Waals surface area contributed by atoms with Crippen LogP contribution in [0.3, 0.4) is 0 Å². The number of aliphatic hydroxyl groups is 1. The molecule has 0 saturated carbocycles. The highest BCUT2D eigenvalue weighted by molar-refractivity contribution is 8.03. The molecule has 8 heteroatoms. The number of thioether (sulfide) groups is 1. The van der Waals surface area contributed by atoms with Crippen molar-refractivity contribution in [2.75, 3.05) is 0 Å². The summed E-state index contributed by atoms with van der Waals surface area (Å²) in [5.74, 6) is -2.27. The lowest BCUT2D eigenvalue weighted by Gasteiger charge is -2.42. The zero-order valence-electron chi connectivity index (χ0n) is 15.5. The van der Waals surface area contributed by atoms with E-state index in [0.29, 0.717) is 0 Å². The van der Waals surface area contributed by atoms with Gasteiger partial charge in [0.25, 0.3) is 5.91 Å². The van der Waals surface area contributed by atoms with E-state index in [-0.39, 0.29) is 18.2 Å². The molecule has 2 unspecified atom stereocenters. The van der Waals surface area contributed by atoms with E-state index in [9.17, 15) is 24.6 Å². The quantitative estimate of drug-likeness (QED) is 0.735. The van der Waals surface area contributed by atoms with Crippen molar-refractivity contribution < 1.29 is 24.6 Å². The monoisotopic (exact) mass is 392 g/mol. The fraction of sp³-hybridized carbons (Fsp3) is 0.421. The van der Waals surface area contributed by atoms with E-state index >= 15 is 0 Å². The summed E-state index contributed by atoms with van der Waals surface area (Å²) in [7, 11) is 0. The molecule has 0 spiro atoms. The zero-order valence-corrected chi connectivity index (χ0v) is 16.3. The summed E-state index contributed by atoms with van der Waals surface area (Å²) in [6, 6.07) is 7.81. The number of aliphatic carboxylic acids is 1. The number of hydrogen-bond acceptors (Lipinski definition) is 5. The molecule has 1 aliphatic heterocycles. The van der Waals surface area contributed by atoms with Gasteiger partial charge in [0, 0.05) is 13.1 Å². The number of aliphatic hydroxyl groups excluding tert-OH is 1. The summed E-state index contributed by atoms with van der Waals surface area (Å²) in [6.45, 7) is 5.05. The number of nitrogens with zero attached hydrogens (tertiary/aromatic N) is 2. The highest BCUT2D eigenvalue weighted by Gasteiger charge is 2.40. The molecule has 3 atom stereocenters. The summed E-state index contributed by atoms with van der Waals surface area (Å²) in [5.41, 5.74) is 0.747. The molecule has 0 aromatic heterocycles. The van der Waals surface area contributed by atoms with Gasteiger partial charge in [0.1, 0.15) is 0 Å². The van der Waals surface area contributed by atoms with Crippen LogP contribution in [0.1, 0.15) is 26.3 Å². The van der Waals surface area contributed by atoms with E-state index < -0.39 is 29.3 Å². The first-order valence-corrected chi connectivity index (χ1v) is 9.58. The highest BCUT2D eigenvalue weighted by atomic mass is 32.2. The number of carboxylic acids is 1. The number of carboxylic acid groups (broad SMARTS) is 1. The van der Waals surface area contributed by atoms with E-state index in [1.807, 2.05) is 19.9 Å². The molecular weight excluding hydrogens is 368 g/mol. The average molecular weight is 392 g/mol. The van der Waals surface area contributed by atoms with Crippen LogP contribution < -0.4 is 0 Å². The third kappa shape index (κ3) is 4.90. The SMILES string of the molecule is CC(=O)N([C@@H](Cc1ccccc1)C(O)C(=O)O)N1C=CSC(C(C)C)C1=O. The Labute approximate surface area is 162 Å². The van der Waals surface area contributed by atoms with Crippen molar-refractivity contribution in [3.63, 3.8) is 0 Å². The Kier molecular flexibility index (Phi) is 7.04. The van der Waals surface area contributed by atoms with Crippen LogP contribution >= 0.6 is 11.8 Å². The maximum Gasteiger partial charge on any atom is 0.334 e. The molecule has 0 fully saturated rings. The van der Waals surface area contributed by atoms with Gasteiger partial charge >= 0.3 is 5.97 Å². The summed E-state index contributed by atoms with van der Waals surface area (Å²) in [4.78, 5) is 36.8. The Morgan fingerprint density at radius 3 is 2.41 bits per heavy atom. The van der Waals surface area contributed by atoms with Crippen LogP contribution in [0.15, 0.2) is 41.9 Å². The molecule has 27 heavy (non-hydrogen) atoms. The molecule has 0 saturated heterocycles. The molecule has 1 aromatic carbocycles. The third-order valence-electron chi connectivity index (χ3n) is 4.28. The van der Waals surface area contributed by atoms with Gasteiger partial charge in [-0.2, -0.15) is 0 Å². The topological polar surface area (TPSA) is 98.2 Å². The van der Waals surface area contributed by atoms with Gasteiger partial charge in [-0.25, -0.2) is 14.8 Å². The Morgan fingerprint density at radius 2 is 1.89 bits per heavy atom. The molecule has 0 radical (unpaired) electrons. The van der Waals surface area contributed by atoms with Gasteiger partial charge in [-0.15, -0.1) is 11.8 Å². The molecule has 0 aliphatic carbocycles. The lowest BCUT2D eigenvalue weighted by molar-refractivity contribution is -0.172. The molecule has 2 rings (SSSR count). The first kappa shape index (κ1) is 21.0. The number of carbonyl (C=O) groups excluding carboxylic acids is 2. The van der Waals surface area contributed by atoms with Gasteiger partial charge in [-0.1, -0.05) is 44.2 Å². The zero-order chi connectivity index (χ0) is 20.1. The maximum absolute atomic E-state index is 12.9. The second kappa shape index (κ2) is 9.05. The lowest BCUT2D eigenvalue weighted by atomic mass is 10.00. The first-order valence-electron chi connectivity index (χ1n) is 8.63. The molecule has 1 aliphatic rings. The smallest absolute Gasteiger partial charge is 0.334 e. The predicted octanol–water partition coefficient (Wildman–Crippen LogP) is 1.88. The van der Waals surface area contributed by atoms with Crippen molar-refractivity contribution in [2.45, 2.75) is 44.6 Å². The fourth-order valence-electron chi connectivity index (χ4n) is 2.96. The largest absolute Gasteiger partial charge is 0.479 e. The van der Waals surface area contributed by atoms with E-state index in [1.165, 1.54) is 24.9 Å². The molecule has 146 valence electrons. The van der Waals surface area contributed by atoms with Crippen LogP contribution in [-0.4, -0.2) is 55.4 Å². The number of amides is 2. The van der Waals surface area contributed by atoms with Gasteiger partial charge in [-0.05, 0) is 23.3 Å². The number of rotatable bonds is 7. The second-order valence-corrected chi connectivity index (χ2v) is 7.72. The normalized spacial score (nSPS) is 19.1. The van der Waals surface area contributed by atoms with Gasteiger partial charge < -0.3 is 10.2 Å². The predicted molar refractivity (Wildman–Crippen MR) is 102 cm³/mol. The minimum Gasteiger partial charge on any atom is -0.479 e. The molecule has 1 heterocycles. The Hall–Kier alpha value is -2.32. The molecular formula is C19H24N2O5S. The van der Waals surface area contributed by atoms with E-state index in [1.54, 1.807) is 29.7 Å². The molecule has 2 amide bonds. The van der Waals surface area contributed by atoms with Gasteiger partial charge in [-0.3, -0.25) is 9.59 Å². The highest BCUT2D eigenvalue weighted by Crippen LogP contribution is 2.29. The molecule has 0 bridgehead atoms. The standard InChI is InChI=1S/C19H24N2O5S/c1-12(2)17-18(24)20(9-10-27-17)21(13(3)22)15(16(23)19(25)26)11-14-7-5-4-6-8-14/h4-10,12,15-17,23H,11H2,1-3H3,(H,25,26)/t15-,16?,17?/m0/s1. The number of hydrogen-bond donors (Lipinski definition) is 2. The minimum atomic E-state index is -1.85. The third-order valence-corrected chi connectivity index (χ3v) is 5.59. The lowest BCUT2D eigenvalue weighted by Crippen LogP contribution is -2.60. The molecule has 1 aromatic rings. The van der Waals surface area contributed by atoms with Crippen molar-refractivity contribution in [1.82, 2.24) is 10.0 Å². The van der Waals surface area contributed by atoms with Gasteiger partial charge in [0.2, 0.25) is 5.91 Å².